The molecule has 0 saturated carbocycles. The van der Waals surface area contributed by atoms with Crippen LogP contribution in [-0.4, -0.2) is 70.4 Å². The van der Waals surface area contributed by atoms with E-state index in [1.165, 1.54) is 13.4 Å². The Balaban J connectivity index is -0.0000000530. The van der Waals surface area contributed by atoms with E-state index >= 15 is 0 Å². The van der Waals surface area contributed by atoms with Crippen LogP contribution in [0.5, 0.6) is 0 Å². The second-order valence-electron chi connectivity index (χ2n) is 4.08. The van der Waals surface area contributed by atoms with Gasteiger partial charge in [-0.3, -0.25) is 4.18 Å². The summed E-state index contributed by atoms with van der Waals surface area (Å²) in [4.78, 5) is 0. The minimum absolute atomic E-state index is 0.0694. The highest BCUT2D eigenvalue weighted by Crippen LogP contribution is 1.89. The van der Waals surface area contributed by atoms with Gasteiger partial charge in [-0.15, -0.1) is 6.58 Å². The molecule has 0 aromatic heterocycles. The summed E-state index contributed by atoms with van der Waals surface area (Å²) < 4.78 is 28.6. The van der Waals surface area contributed by atoms with Gasteiger partial charge in [0.05, 0.1) is 20.3 Å². The van der Waals surface area contributed by atoms with Gasteiger partial charge in [0.15, 0.2) is 11.1 Å². The molecule has 0 aliphatic rings. The SMILES string of the molecule is C=CC.CC=CC.CC=CC.CO.COCC(COC)OC.COS(C)=O. The zero-order valence-corrected chi connectivity index (χ0v) is 20.3. The molecule has 0 spiro atoms. The number of aliphatic hydroxyl groups is 1. The van der Waals surface area contributed by atoms with Gasteiger partial charge in [0.2, 0.25) is 0 Å². The molecular formula is C20H46O6S. The Hall–Kier alpha value is -0.830. The molecule has 0 fully saturated rings. The van der Waals surface area contributed by atoms with E-state index in [4.69, 9.17) is 19.3 Å². The largest absolute Gasteiger partial charge is 0.400 e. The minimum Gasteiger partial charge on any atom is -0.400 e. The van der Waals surface area contributed by atoms with E-state index in [1.807, 2.05) is 58.9 Å². The lowest BCUT2D eigenvalue weighted by molar-refractivity contribution is -0.0178. The lowest BCUT2D eigenvalue weighted by Crippen LogP contribution is -2.22. The lowest BCUT2D eigenvalue weighted by atomic mass is 10.4. The highest BCUT2D eigenvalue weighted by molar-refractivity contribution is 7.79. The van der Waals surface area contributed by atoms with Crippen LogP contribution in [0.25, 0.3) is 0 Å². The molecule has 27 heavy (non-hydrogen) atoms. The summed E-state index contributed by atoms with van der Waals surface area (Å²) >= 11 is -1.07. The fraction of sp³-hybridized carbons (Fsp3) is 0.700. The molecule has 0 bridgehead atoms. The second-order valence-corrected chi connectivity index (χ2v) is 5.21. The van der Waals surface area contributed by atoms with Crippen molar-refractivity contribution < 1.29 is 27.7 Å². The van der Waals surface area contributed by atoms with Gasteiger partial charge in [-0.1, -0.05) is 30.4 Å². The Kier molecular flexibility index (Phi) is 84.9. The van der Waals surface area contributed by atoms with Crippen molar-refractivity contribution in [1.29, 1.82) is 0 Å². The summed E-state index contributed by atoms with van der Waals surface area (Å²) in [5.41, 5.74) is 0. The van der Waals surface area contributed by atoms with Crippen molar-refractivity contribution in [2.45, 2.75) is 40.7 Å². The quantitative estimate of drug-likeness (QED) is 0.657. The molecule has 0 aromatic rings. The Bertz CT molecular complexity index is 258. The van der Waals surface area contributed by atoms with Crippen LogP contribution >= 0.6 is 0 Å². The van der Waals surface area contributed by atoms with Gasteiger partial charge < -0.3 is 19.3 Å². The average Bonchev–Trinajstić information content (AvgIpc) is 2.70. The predicted octanol–water partition coefficient (Wildman–Crippen LogP) is 4.19. The van der Waals surface area contributed by atoms with Crippen molar-refractivity contribution in [1.82, 2.24) is 0 Å². The molecule has 0 aromatic carbocycles. The summed E-state index contributed by atoms with van der Waals surface area (Å²) in [5, 5.41) is 7.00. The Morgan fingerprint density at radius 1 is 0.852 bits per heavy atom. The second kappa shape index (κ2) is 56.2. The topological polar surface area (TPSA) is 74.2 Å². The Labute approximate surface area is 171 Å². The zero-order chi connectivity index (χ0) is 22.9. The highest BCUT2D eigenvalue weighted by atomic mass is 32.2. The van der Waals surface area contributed by atoms with E-state index in [0.29, 0.717) is 13.2 Å². The summed E-state index contributed by atoms with van der Waals surface area (Å²) in [7, 11) is 7.32. The van der Waals surface area contributed by atoms with E-state index in [0.717, 1.165) is 7.11 Å². The van der Waals surface area contributed by atoms with Crippen LogP contribution in [0.4, 0.5) is 0 Å². The van der Waals surface area contributed by atoms with Crippen molar-refractivity contribution in [3.05, 3.63) is 37.0 Å². The molecule has 0 radical (unpaired) electrons. The number of methoxy groups -OCH3 is 3. The molecule has 7 heteroatoms. The molecule has 0 aliphatic heterocycles. The third kappa shape index (κ3) is 108. The molecule has 168 valence electrons. The van der Waals surface area contributed by atoms with Crippen molar-refractivity contribution in [2.75, 3.05) is 55.0 Å². The predicted molar refractivity (Wildman–Crippen MR) is 121 cm³/mol. The van der Waals surface area contributed by atoms with Crippen LogP contribution in [0.3, 0.4) is 0 Å². The summed E-state index contributed by atoms with van der Waals surface area (Å²) in [5.74, 6) is 0. The maximum atomic E-state index is 9.70. The molecule has 0 amide bonds. The molecule has 0 saturated heterocycles. The fourth-order valence-electron chi connectivity index (χ4n) is 0.556. The first-order valence-electron chi connectivity index (χ1n) is 8.41. The molecule has 0 rings (SSSR count). The molecule has 0 aliphatic carbocycles. The van der Waals surface area contributed by atoms with Crippen LogP contribution < -0.4 is 0 Å². The van der Waals surface area contributed by atoms with Gasteiger partial charge in [-0.25, -0.2) is 4.21 Å². The van der Waals surface area contributed by atoms with Gasteiger partial charge in [0.1, 0.15) is 6.10 Å². The van der Waals surface area contributed by atoms with E-state index < -0.39 is 11.1 Å². The normalized spacial score (nSPS) is 9.81. The summed E-state index contributed by atoms with van der Waals surface area (Å²) in [6.45, 7) is 14.4. The van der Waals surface area contributed by atoms with E-state index in [1.54, 1.807) is 27.4 Å². The van der Waals surface area contributed by atoms with Gasteiger partial charge in [-0.05, 0) is 34.6 Å². The fourth-order valence-corrected chi connectivity index (χ4v) is 0.556. The first kappa shape index (κ1) is 40.8. The van der Waals surface area contributed by atoms with Crippen LogP contribution in [0.15, 0.2) is 37.0 Å². The minimum atomic E-state index is -1.07. The van der Waals surface area contributed by atoms with Gasteiger partial charge in [-0.2, -0.15) is 0 Å². The monoisotopic (exact) mass is 414 g/mol. The van der Waals surface area contributed by atoms with Crippen LogP contribution in [0, 0.1) is 0 Å². The maximum Gasteiger partial charge on any atom is 0.151 e. The van der Waals surface area contributed by atoms with Gasteiger partial charge in [0.25, 0.3) is 0 Å². The Morgan fingerprint density at radius 3 is 1.15 bits per heavy atom. The molecule has 0 heterocycles. The van der Waals surface area contributed by atoms with Crippen molar-refractivity contribution in [3.63, 3.8) is 0 Å². The van der Waals surface area contributed by atoms with Crippen LogP contribution in [0.2, 0.25) is 0 Å². The number of hydrogen-bond donors (Lipinski definition) is 1. The number of rotatable bonds is 6. The average molecular weight is 415 g/mol. The molecule has 6 nitrogen and oxygen atoms in total. The zero-order valence-electron chi connectivity index (χ0n) is 19.5. The Morgan fingerprint density at radius 2 is 1.07 bits per heavy atom. The molecule has 1 N–H and O–H groups in total. The van der Waals surface area contributed by atoms with Gasteiger partial charge >= 0.3 is 0 Å². The number of allylic oxidation sites excluding steroid dienone is 5. The van der Waals surface area contributed by atoms with Crippen LogP contribution in [0.1, 0.15) is 34.6 Å². The third-order valence-electron chi connectivity index (χ3n) is 1.94. The van der Waals surface area contributed by atoms with E-state index in [2.05, 4.69) is 10.8 Å². The van der Waals surface area contributed by atoms with E-state index in [-0.39, 0.29) is 6.10 Å². The van der Waals surface area contributed by atoms with E-state index in [9.17, 15) is 4.21 Å². The third-order valence-corrected chi connectivity index (χ3v) is 2.41. The van der Waals surface area contributed by atoms with Crippen molar-refractivity contribution >= 4 is 11.1 Å². The highest BCUT2D eigenvalue weighted by Gasteiger charge is 2.03. The van der Waals surface area contributed by atoms with Crippen molar-refractivity contribution in [2.24, 2.45) is 0 Å². The molecule has 1 atom stereocenters. The summed E-state index contributed by atoms with van der Waals surface area (Å²) in [6.07, 6.45) is 11.3. The smallest absolute Gasteiger partial charge is 0.151 e. The van der Waals surface area contributed by atoms with Gasteiger partial charge in [0, 0.05) is 34.7 Å². The standard InChI is InChI=1S/C6H14O3.2C4H8.C3H6.C2H6O2S.CH4O/c1-7-4-6(9-3)5-8-2;2*1-3-4-2;1-3-2;1-4-5(2)3;1-2/h6H,4-5H2,1-3H3;2*3-4H,1-2H3;3H,1H2,2H3;1-2H3;2H,1H3. The summed E-state index contributed by atoms with van der Waals surface area (Å²) in [6, 6.07) is 0. The number of hydrogen-bond acceptors (Lipinski definition) is 6. The number of aliphatic hydroxyl groups excluding tert-OH is 1. The maximum absolute atomic E-state index is 9.70. The first-order valence-corrected chi connectivity index (χ1v) is 9.90. The first-order chi connectivity index (χ1) is 12.9. The molecule has 1 unspecified atom stereocenters. The lowest BCUT2D eigenvalue weighted by Gasteiger charge is -2.11. The van der Waals surface area contributed by atoms with Crippen molar-refractivity contribution in [3.8, 4) is 0 Å². The number of ether oxygens (including phenoxy) is 3. The van der Waals surface area contributed by atoms with Crippen LogP contribution in [-0.2, 0) is 29.5 Å². The molecular weight excluding hydrogens is 368 g/mol.